The van der Waals surface area contributed by atoms with Crippen LogP contribution in [0.2, 0.25) is 0 Å². The molecule has 5 nitrogen and oxygen atoms in total. The molecule has 0 aliphatic rings. The number of carbonyl (C=O) groups excluding carboxylic acids is 1. The minimum atomic E-state index is -0.186. The number of benzene rings is 2. The SMILES string of the molecule is COc1ccc(OC)c(C(=O)NCCCOCc2ccccc2)c1. The Morgan fingerprint density at radius 1 is 1.04 bits per heavy atom. The van der Waals surface area contributed by atoms with Crippen LogP contribution >= 0.6 is 0 Å². The number of rotatable bonds is 9. The lowest BCUT2D eigenvalue weighted by atomic mass is 10.1. The second-order valence-corrected chi connectivity index (χ2v) is 5.21. The molecule has 0 bridgehead atoms. The van der Waals surface area contributed by atoms with E-state index in [4.69, 9.17) is 14.2 Å². The predicted molar refractivity (Wildman–Crippen MR) is 92.6 cm³/mol. The Morgan fingerprint density at radius 2 is 1.83 bits per heavy atom. The highest BCUT2D eigenvalue weighted by atomic mass is 16.5. The average Bonchev–Trinajstić information content (AvgIpc) is 2.64. The molecule has 0 unspecified atom stereocenters. The van der Waals surface area contributed by atoms with Crippen LogP contribution in [0.3, 0.4) is 0 Å². The molecule has 0 aliphatic carbocycles. The van der Waals surface area contributed by atoms with Crippen LogP contribution < -0.4 is 14.8 Å². The maximum absolute atomic E-state index is 12.3. The fraction of sp³-hybridized carbons (Fsp3) is 0.316. The van der Waals surface area contributed by atoms with Gasteiger partial charge >= 0.3 is 0 Å². The molecule has 0 spiro atoms. The molecule has 0 saturated heterocycles. The van der Waals surface area contributed by atoms with Gasteiger partial charge in [0, 0.05) is 13.2 Å². The van der Waals surface area contributed by atoms with E-state index in [-0.39, 0.29) is 5.91 Å². The number of hydrogen-bond donors (Lipinski definition) is 1. The second kappa shape index (κ2) is 9.57. The van der Waals surface area contributed by atoms with Crippen molar-refractivity contribution in [3.8, 4) is 11.5 Å². The lowest BCUT2D eigenvalue weighted by Gasteiger charge is -2.11. The van der Waals surface area contributed by atoms with Crippen LogP contribution in [0.5, 0.6) is 11.5 Å². The highest BCUT2D eigenvalue weighted by Gasteiger charge is 2.13. The molecule has 0 fully saturated rings. The Kier molecular flexibility index (Phi) is 7.11. The summed E-state index contributed by atoms with van der Waals surface area (Å²) in [6.45, 7) is 1.71. The molecule has 1 amide bonds. The maximum Gasteiger partial charge on any atom is 0.255 e. The Labute approximate surface area is 142 Å². The fourth-order valence-electron chi connectivity index (χ4n) is 2.23. The van der Waals surface area contributed by atoms with Crippen LogP contribution in [0.4, 0.5) is 0 Å². The van der Waals surface area contributed by atoms with Crippen molar-refractivity contribution in [3.63, 3.8) is 0 Å². The van der Waals surface area contributed by atoms with Crippen molar-refractivity contribution in [3.05, 3.63) is 59.7 Å². The summed E-state index contributed by atoms with van der Waals surface area (Å²) in [5.74, 6) is 0.953. The standard InChI is InChI=1S/C19H23NO4/c1-22-16-9-10-18(23-2)17(13-16)19(21)20-11-6-12-24-14-15-7-4-3-5-8-15/h3-5,7-10,13H,6,11-12,14H2,1-2H3,(H,20,21). The topological polar surface area (TPSA) is 56.8 Å². The molecule has 0 radical (unpaired) electrons. The van der Waals surface area contributed by atoms with Gasteiger partial charge in [-0.1, -0.05) is 30.3 Å². The van der Waals surface area contributed by atoms with E-state index in [1.54, 1.807) is 25.3 Å². The van der Waals surface area contributed by atoms with Crippen LogP contribution in [0.1, 0.15) is 22.3 Å². The highest BCUT2D eigenvalue weighted by molar-refractivity contribution is 5.97. The predicted octanol–water partition coefficient (Wildman–Crippen LogP) is 3.04. The third-order valence-electron chi connectivity index (χ3n) is 3.51. The first kappa shape index (κ1) is 17.8. The summed E-state index contributed by atoms with van der Waals surface area (Å²) in [5, 5.41) is 2.87. The van der Waals surface area contributed by atoms with Crippen molar-refractivity contribution in [1.29, 1.82) is 0 Å². The molecular weight excluding hydrogens is 306 g/mol. The molecule has 0 aliphatic heterocycles. The van der Waals surface area contributed by atoms with Crippen LogP contribution in [-0.4, -0.2) is 33.3 Å². The van der Waals surface area contributed by atoms with Gasteiger partial charge in [0.25, 0.3) is 5.91 Å². The normalized spacial score (nSPS) is 10.2. The number of hydrogen-bond acceptors (Lipinski definition) is 4. The van der Waals surface area contributed by atoms with Crippen molar-refractivity contribution in [2.45, 2.75) is 13.0 Å². The zero-order valence-electron chi connectivity index (χ0n) is 14.1. The zero-order chi connectivity index (χ0) is 17.2. The lowest BCUT2D eigenvalue weighted by molar-refractivity contribution is 0.0931. The van der Waals surface area contributed by atoms with Crippen molar-refractivity contribution in [2.24, 2.45) is 0 Å². The number of amides is 1. The number of methoxy groups -OCH3 is 2. The van der Waals surface area contributed by atoms with Crippen LogP contribution in [0, 0.1) is 0 Å². The minimum absolute atomic E-state index is 0.186. The molecule has 5 heteroatoms. The summed E-state index contributed by atoms with van der Waals surface area (Å²) in [6.07, 6.45) is 0.741. The summed E-state index contributed by atoms with van der Waals surface area (Å²) >= 11 is 0. The van der Waals surface area contributed by atoms with Gasteiger partial charge in [-0.15, -0.1) is 0 Å². The third-order valence-corrected chi connectivity index (χ3v) is 3.51. The summed E-state index contributed by atoms with van der Waals surface area (Å²) < 4.78 is 16.0. The summed E-state index contributed by atoms with van der Waals surface area (Å²) in [6, 6.07) is 15.1. The van der Waals surface area contributed by atoms with Gasteiger partial charge in [-0.25, -0.2) is 0 Å². The quantitative estimate of drug-likeness (QED) is 0.719. The van der Waals surface area contributed by atoms with Gasteiger partial charge in [-0.05, 0) is 30.2 Å². The van der Waals surface area contributed by atoms with Gasteiger partial charge in [0.15, 0.2) is 0 Å². The van der Waals surface area contributed by atoms with E-state index in [1.165, 1.54) is 7.11 Å². The average molecular weight is 329 g/mol. The van der Waals surface area contributed by atoms with E-state index >= 15 is 0 Å². The monoisotopic (exact) mass is 329 g/mol. The Bertz CT molecular complexity index is 643. The molecule has 2 rings (SSSR count). The van der Waals surface area contributed by atoms with Gasteiger partial charge < -0.3 is 19.5 Å². The van der Waals surface area contributed by atoms with Crippen LogP contribution in [0.15, 0.2) is 48.5 Å². The molecule has 1 N–H and O–H groups in total. The van der Waals surface area contributed by atoms with Crippen molar-refractivity contribution >= 4 is 5.91 Å². The highest BCUT2D eigenvalue weighted by Crippen LogP contribution is 2.23. The Hall–Kier alpha value is -2.53. The summed E-state index contributed by atoms with van der Waals surface area (Å²) in [4.78, 5) is 12.3. The van der Waals surface area contributed by atoms with Crippen LogP contribution in [0.25, 0.3) is 0 Å². The molecule has 0 atom stereocenters. The van der Waals surface area contributed by atoms with Crippen molar-refractivity contribution in [1.82, 2.24) is 5.32 Å². The van der Waals surface area contributed by atoms with E-state index < -0.39 is 0 Å². The van der Waals surface area contributed by atoms with Gasteiger partial charge in [0.1, 0.15) is 11.5 Å². The maximum atomic E-state index is 12.3. The summed E-state index contributed by atoms with van der Waals surface area (Å²) in [7, 11) is 3.10. The van der Waals surface area contributed by atoms with E-state index in [0.29, 0.717) is 36.8 Å². The zero-order valence-corrected chi connectivity index (χ0v) is 14.1. The fourth-order valence-corrected chi connectivity index (χ4v) is 2.23. The number of carbonyl (C=O) groups is 1. The molecular formula is C19H23NO4. The van der Waals surface area contributed by atoms with E-state index in [1.807, 2.05) is 30.3 Å². The molecule has 128 valence electrons. The Balaban J connectivity index is 1.73. The minimum Gasteiger partial charge on any atom is -0.497 e. The molecule has 24 heavy (non-hydrogen) atoms. The van der Waals surface area contributed by atoms with Gasteiger partial charge in [0.05, 0.1) is 26.4 Å². The molecule has 2 aromatic rings. The summed E-state index contributed by atoms with van der Waals surface area (Å²) in [5.41, 5.74) is 1.60. The first-order valence-corrected chi connectivity index (χ1v) is 7.86. The van der Waals surface area contributed by atoms with Gasteiger partial charge in [-0.3, -0.25) is 4.79 Å². The van der Waals surface area contributed by atoms with Gasteiger partial charge in [-0.2, -0.15) is 0 Å². The number of ether oxygens (including phenoxy) is 3. The second-order valence-electron chi connectivity index (χ2n) is 5.21. The van der Waals surface area contributed by atoms with Gasteiger partial charge in [0.2, 0.25) is 0 Å². The Morgan fingerprint density at radius 3 is 2.54 bits per heavy atom. The van der Waals surface area contributed by atoms with Crippen LogP contribution in [-0.2, 0) is 11.3 Å². The molecule has 2 aromatic carbocycles. The molecule has 0 heterocycles. The molecule has 0 saturated carbocycles. The smallest absolute Gasteiger partial charge is 0.255 e. The lowest BCUT2D eigenvalue weighted by Crippen LogP contribution is -2.25. The van der Waals surface area contributed by atoms with E-state index in [9.17, 15) is 4.79 Å². The van der Waals surface area contributed by atoms with Crippen molar-refractivity contribution in [2.75, 3.05) is 27.4 Å². The van der Waals surface area contributed by atoms with Crippen molar-refractivity contribution < 1.29 is 19.0 Å². The first-order chi connectivity index (χ1) is 11.7. The first-order valence-electron chi connectivity index (χ1n) is 7.86. The van der Waals surface area contributed by atoms with E-state index in [2.05, 4.69) is 5.32 Å². The largest absolute Gasteiger partial charge is 0.497 e. The number of nitrogens with one attached hydrogen (secondary N) is 1. The van der Waals surface area contributed by atoms with E-state index in [0.717, 1.165) is 12.0 Å². The third kappa shape index (κ3) is 5.28. The molecule has 0 aromatic heterocycles.